The Morgan fingerprint density at radius 2 is 1.24 bits per heavy atom. The summed E-state index contributed by atoms with van der Waals surface area (Å²) >= 11 is 3.77. The van der Waals surface area contributed by atoms with Gasteiger partial charge in [-0.2, -0.15) is 0 Å². The Morgan fingerprint density at radius 3 is 1.84 bits per heavy atom. The molecule has 0 fully saturated rings. The fraction of sp³-hybridized carbons (Fsp3) is 0.150. The van der Waals surface area contributed by atoms with Crippen LogP contribution < -0.4 is 20.6 Å². The topological polar surface area (TPSA) is 116 Å². The Labute approximate surface area is 291 Å². The van der Waals surface area contributed by atoms with Crippen molar-refractivity contribution in [3.8, 4) is 34.0 Å². The van der Waals surface area contributed by atoms with Crippen molar-refractivity contribution in [2.75, 3.05) is 6.61 Å². The summed E-state index contributed by atoms with van der Waals surface area (Å²) < 4.78 is 13.3. The summed E-state index contributed by atoms with van der Waals surface area (Å²) in [5.74, 6) is 0.214. The molecule has 5 aromatic carbocycles. The number of rotatable bonds is 10. The van der Waals surface area contributed by atoms with Gasteiger partial charge in [0.15, 0.2) is 11.5 Å². The van der Waals surface area contributed by atoms with Gasteiger partial charge in [0.1, 0.15) is 6.61 Å². The fourth-order valence-electron chi connectivity index (χ4n) is 6.39. The zero-order valence-corrected chi connectivity index (χ0v) is 28.9. The van der Waals surface area contributed by atoms with Gasteiger partial charge in [-0.1, -0.05) is 102 Å². The van der Waals surface area contributed by atoms with E-state index in [-0.39, 0.29) is 11.1 Å². The highest BCUT2D eigenvalue weighted by Crippen LogP contribution is 2.44. The molecule has 49 heavy (non-hydrogen) atoms. The Balaban J connectivity index is 1.41. The van der Waals surface area contributed by atoms with Crippen molar-refractivity contribution in [3.05, 3.63) is 162 Å². The Kier molecular flexibility index (Phi) is 8.84. The van der Waals surface area contributed by atoms with E-state index < -0.39 is 5.92 Å². The molecule has 0 unspecified atom stereocenters. The number of aryl methyl sites for hydroxylation is 2. The lowest BCUT2D eigenvalue weighted by Gasteiger charge is -2.21. The number of nitrogens with one attached hydrogen (secondary N) is 4. The molecule has 0 saturated carbocycles. The minimum atomic E-state index is -0.805. The molecule has 2 heterocycles. The van der Waals surface area contributed by atoms with E-state index in [0.717, 1.165) is 38.6 Å². The number of hydrogen-bond acceptors (Lipinski definition) is 4. The van der Waals surface area contributed by atoms with E-state index in [0.29, 0.717) is 57.3 Å². The molecule has 8 nitrogen and oxygen atoms in total. The normalized spacial score (nSPS) is 11.4. The van der Waals surface area contributed by atoms with E-state index in [4.69, 9.17) is 9.47 Å². The van der Waals surface area contributed by atoms with Crippen molar-refractivity contribution in [2.45, 2.75) is 33.3 Å². The number of aromatic nitrogens is 4. The van der Waals surface area contributed by atoms with Gasteiger partial charge in [-0.15, -0.1) is 0 Å². The van der Waals surface area contributed by atoms with Crippen LogP contribution in [0.25, 0.3) is 33.3 Å². The lowest BCUT2D eigenvalue weighted by molar-refractivity contribution is 0.268. The summed E-state index contributed by atoms with van der Waals surface area (Å²) in [6, 6.07) is 33.9. The molecule has 0 saturated heterocycles. The summed E-state index contributed by atoms with van der Waals surface area (Å²) in [7, 11) is 0. The van der Waals surface area contributed by atoms with Crippen LogP contribution in [-0.4, -0.2) is 27.0 Å². The predicted octanol–water partition coefficient (Wildman–Crippen LogP) is 8.74. The second-order valence-corrected chi connectivity index (χ2v) is 12.9. The van der Waals surface area contributed by atoms with Crippen molar-refractivity contribution in [2.24, 2.45) is 0 Å². The maximum Gasteiger partial charge on any atom is 0.268 e. The van der Waals surface area contributed by atoms with Gasteiger partial charge in [0.25, 0.3) is 11.1 Å². The third-order valence-electron chi connectivity index (χ3n) is 8.80. The van der Waals surface area contributed by atoms with E-state index in [1.807, 2.05) is 99.6 Å². The SMILES string of the molecule is CCOc1cc(C(c2c(-c3ccc(C)cc3)[nH][nH]c2=O)c2c(-c3ccc(C)cc3)[nH][nH]c2=O)cc(Br)c1OCc1cccc2ccccc12. The van der Waals surface area contributed by atoms with E-state index >= 15 is 0 Å². The van der Waals surface area contributed by atoms with Crippen LogP contribution in [0.3, 0.4) is 0 Å². The number of benzene rings is 5. The predicted molar refractivity (Wildman–Crippen MR) is 198 cm³/mol. The third-order valence-corrected chi connectivity index (χ3v) is 9.39. The number of hydrogen-bond donors (Lipinski definition) is 4. The van der Waals surface area contributed by atoms with Gasteiger partial charge >= 0.3 is 0 Å². The smallest absolute Gasteiger partial charge is 0.268 e. The van der Waals surface area contributed by atoms with Gasteiger partial charge in [-0.05, 0) is 81.9 Å². The average molecular weight is 716 g/mol. The highest BCUT2D eigenvalue weighted by Gasteiger charge is 2.32. The van der Waals surface area contributed by atoms with E-state index in [2.05, 4.69) is 60.6 Å². The zero-order chi connectivity index (χ0) is 34.1. The largest absolute Gasteiger partial charge is 0.490 e. The molecule has 4 N–H and O–H groups in total. The van der Waals surface area contributed by atoms with Gasteiger partial charge in [0.2, 0.25) is 0 Å². The van der Waals surface area contributed by atoms with Crippen molar-refractivity contribution in [1.82, 2.24) is 20.4 Å². The van der Waals surface area contributed by atoms with Gasteiger partial charge in [0, 0.05) is 5.92 Å². The Morgan fingerprint density at radius 1 is 0.673 bits per heavy atom. The summed E-state index contributed by atoms with van der Waals surface area (Å²) in [5.41, 5.74) is 6.85. The van der Waals surface area contributed by atoms with E-state index in [1.54, 1.807) is 0 Å². The first kappa shape index (κ1) is 32.0. The van der Waals surface area contributed by atoms with Crippen molar-refractivity contribution in [1.29, 1.82) is 0 Å². The summed E-state index contributed by atoms with van der Waals surface area (Å²) in [6.07, 6.45) is 0. The van der Waals surface area contributed by atoms with E-state index in [9.17, 15) is 9.59 Å². The lowest BCUT2D eigenvalue weighted by Crippen LogP contribution is -2.20. The zero-order valence-electron chi connectivity index (χ0n) is 27.3. The Hall–Kier alpha value is -5.54. The quantitative estimate of drug-likeness (QED) is 0.113. The minimum absolute atomic E-state index is 0.312. The van der Waals surface area contributed by atoms with Gasteiger partial charge in [0.05, 0.1) is 33.6 Å². The van der Waals surface area contributed by atoms with Gasteiger partial charge < -0.3 is 9.47 Å². The molecule has 7 aromatic rings. The summed E-state index contributed by atoms with van der Waals surface area (Å²) in [4.78, 5) is 27.7. The van der Waals surface area contributed by atoms with Crippen LogP contribution in [0.15, 0.2) is 117 Å². The minimum Gasteiger partial charge on any atom is -0.490 e. The first-order chi connectivity index (χ1) is 23.8. The number of fused-ring (bicyclic) bond motifs is 1. The van der Waals surface area contributed by atoms with Crippen LogP contribution in [-0.2, 0) is 6.61 Å². The standard InChI is InChI=1S/C40H35BrN4O4/c1-4-48-32-21-29(20-31(41)38(32)49-22-28-10-7-9-25-8-5-6-11-30(25)28)33(34-36(42-44-39(34)46)26-16-12-23(2)13-17-26)35-37(43-45-40(35)47)27-18-14-24(3)15-19-27/h5-21,33H,4,22H2,1-3H3,(H2,42,44,46)(H2,43,45,47). The lowest BCUT2D eigenvalue weighted by atomic mass is 9.83. The first-order valence-electron chi connectivity index (χ1n) is 16.1. The summed E-state index contributed by atoms with van der Waals surface area (Å²) in [5, 5.41) is 14.0. The van der Waals surface area contributed by atoms with Crippen molar-refractivity contribution >= 4 is 26.7 Å². The maximum absolute atomic E-state index is 13.8. The first-order valence-corrected chi connectivity index (χ1v) is 16.9. The molecule has 0 atom stereocenters. The monoisotopic (exact) mass is 714 g/mol. The average Bonchev–Trinajstić information content (AvgIpc) is 3.67. The Bertz CT molecular complexity index is 2280. The maximum atomic E-state index is 13.8. The molecule has 0 amide bonds. The van der Waals surface area contributed by atoms with Crippen LogP contribution in [0.5, 0.6) is 11.5 Å². The molecular formula is C40H35BrN4O4. The molecule has 246 valence electrons. The van der Waals surface area contributed by atoms with Crippen molar-refractivity contribution < 1.29 is 9.47 Å². The second kappa shape index (κ2) is 13.5. The number of halogens is 1. The highest BCUT2D eigenvalue weighted by atomic mass is 79.9. The fourth-order valence-corrected chi connectivity index (χ4v) is 6.96. The number of H-pyrrole nitrogens is 4. The second-order valence-electron chi connectivity index (χ2n) is 12.1. The molecule has 2 aromatic heterocycles. The van der Waals surface area contributed by atoms with Crippen LogP contribution in [0, 0.1) is 13.8 Å². The van der Waals surface area contributed by atoms with Crippen LogP contribution >= 0.6 is 15.9 Å². The van der Waals surface area contributed by atoms with Crippen LogP contribution in [0.4, 0.5) is 0 Å². The number of ether oxygens (including phenoxy) is 2. The van der Waals surface area contributed by atoms with Crippen LogP contribution in [0.2, 0.25) is 0 Å². The molecule has 0 aliphatic rings. The molecule has 0 bridgehead atoms. The molecule has 0 aliphatic carbocycles. The third kappa shape index (κ3) is 6.25. The molecule has 0 aliphatic heterocycles. The molecule has 0 spiro atoms. The van der Waals surface area contributed by atoms with Gasteiger partial charge in [-0.25, -0.2) is 0 Å². The molecular weight excluding hydrogens is 680 g/mol. The number of aromatic amines is 4. The molecule has 9 heteroatoms. The molecule has 7 rings (SSSR count). The highest BCUT2D eigenvalue weighted by molar-refractivity contribution is 9.10. The molecule has 0 radical (unpaired) electrons. The van der Waals surface area contributed by atoms with Crippen molar-refractivity contribution in [3.63, 3.8) is 0 Å². The van der Waals surface area contributed by atoms with Crippen LogP contribution in [0.1, 0.15) is 46.2 Å². The van der Waals surface area contributed by atoms with Gasteiger partial charge in [-0.3, -0.25) is 30.0 Å². The van der Waals surface area contributed by atoms with E-state index in [1.165, 1.54) is 0 Å². The summed E-state index contributed by atoms with van der Waals surface area (Å²) in [6.45, 7) is 6.62.